The van der Waals surface area contributed by atoms with Crippen LogP contribution in [0.4, 0.5) is 10.6 Å². The molecule has 1 aliphatic carbocycles. The van der Waals surface area contributed by atoms with E-state index in [2.05, 4.69) is 34.5 Å². The molecule has 2 aromatic heterocycles. The molecule has 2 aromatic rings. The lowest BCUT2D eigenvalue weighted by molar-refractivity contribution is -0.115. The summed E-state index contributed by atoms with van der Waals surface area (Å²) >= 11 is 0. The molecule has 1 fully saturated rings. The molecule has 2 amide bonds. The smallest absolute Gasteiger partial charge is 0.407 e. The maximum absolute atomic E-state index is 12.0. The van der Waals surface area contributed by atoms with Crippen LogP contribution < -0.4 is 5.32 Å². The third kappa shape index (κ3) is 4.90. The summed E-state index contributed by atoms with van der Waals surface area (Å²) in [7, 11) is 0. The molecule has 0 aromatic carbocycles. The summed E-state index contributed by atoms with van der Waals surface area (Å²) in [5.41, 5.74) is 0.923. The molecule has 0 bridgehead atoms. The highest BCUT2D eigenvalue weighted by Gasteiger charge is 2.34. The second-order valence-corrected chi connectivity index (χ2v) is 7.52. The number of carboxylic acid groups (broad SMARTS) is 1. The molecule has 3 rings (SSSR count). The Bertz CT molecular complexity index is 788. The van der Waals surface area contributed by atoms with E-state index >= 15 is 0 Å². The van der Waals surface area contributed by atoms with Crippen molar-refractivity contribution in [2.45, 2.75) is 57.9 Å². The average molecular weight is 389 g/mol. The number of aromatic nitrogens is 3. The molecular formula is C19H27N5O4. The summed E-state index contributed by atoms with van der Waals surface area (Å²) in [6.45, 7) is 4.71. The number of aromatic amines is 1. The monoisotopic (exact) mass is 389 g/mol. The number of hydrogen-bond acceptors (Lipinski definition) is 5. The van der Waals surface area contributed by atoms with Crippen LogP contribution >= 0.6 is 0 Å². The van der Waals surface area contributed by atoms with E-state index in [0.29, 0.717) is 24.0 Å². The molecule has 3 atom stereocenters. The first-order valence-corrected chi connectivity index (χ1v) is 9.70. The molecule has 0 radical (unpaired) electrons. The van der Waals surface area contributed by atoms with Crippen LogP contribution in [0.3, 0.4) is 0 Å². The number of H-pyrrole nitrogens is 1. The molecule has 0 saturated heterocycles. The predicted octanol–water partition coefficient (Wildman–Crippen LogP) is 3.24. The van der Waals surface area contributed by atoms with Crippen molar-refractivity contribution >= 4 is 17.8 Å². The van der Waals surface area contributed by atoms with Gasteiger partial charge in [-0.1, -0.05) is 25.4 Å². The van der Waals surface area contributed by atoms with Gasteiger partial charge < -0.3 is 19.8 Å². The maximum atomic E-state index is 12.0. The fraction of sp³-hybridized carbons (Fsp3) is 0.579. The van der Waals surface area contributed by atoms with Gasteiger partial charge in [-0.3, -0.25) is 9.89 Å². The molecule has 3 N–H and O–H groups in total. The van der Waals surface area contributed by atoms with E-state index in [4.69, 9.17) is 4.52 Å². The number of hydrogen-bond donors (Lipinski definition) is 3. The Kier molecular flexibility index (Phi) is 6.33. The van der Waals surface area contributed by atoms with Gasteiger partial charge in [0.2, 0.25) is 5.91 Å². The summed E-state index contributed by atoms with van der Waals surface area (Å²) in [5, 5.41) is 23.0. The van der Waals surface area contributed by atoms with E-state index in [0.717, 1.165) is 31.4 Å². The Balaban J connectivity index is 1.56. The fourth-order valence-corrected chi connectivity index (χ4v) is 3.66. The van der Waals surface area contributed by atoms with Crippen molar-refractivity contribution in [2.75, 3.05) is 11.9 Å². The van der Waals surface area contributed by atoms with Crippen LogP contribution in [-0.2, 0) is 11.2 Å². The van der Waals surface area contributed by atoms with Crippen molar-refractivity contribution in [2.24, 2.45) is 5.92 Å². The van der Waals surface area contributed by atoms with Gasteiger partial charge in [-0.2, -0.15) is 5.10 Å². The lowest BCUT2D eigenvalue weighted by atomic mass is 10.0. The molecular weight excluding hydrogens is 362 g/mol. The number of amides is 2. The molecule has 0 unspecified atom stereocenters. The first-order valence-electron chi connectivity index (χ1n) is 9.70. The topological polar surface area (TPSA) is 124 Å². The highest BCUT2D eigenvalue weighted by molar-refractivity contribution is 5.91. The van der Waals surface area contributed by atoms with Crippen LogP contribution in [0.25, 0.3) is 0 Å². The fourth-order valence-electron chi connectivity index (χ4n) is 3.66. The zero-order valence-corrected chi connectivity index (χ0v) is 16.2. The van der Waals surface area contributed by atoms with E-state index in [1.165, 1.54) is 6.20 Å². The summed E-state index contributed by atoms with van der Waals surface area (Å²) in [5.74, 6) is 1.26. The molecule has 1 saturated carbocycles. The van der Waals surface area contributed by atoms with Gasteiger partial charge in [-0.15, -0.1) is 0 Å². The molecule has 9 nitrogen and oxygen atoms in total. The van der Waals surface area contributed by atoms with Gasteiger partial charge >= 0.3 is 6.09 Å². The Morgan fingerprint density at radius 3 is 2.96 bits per heavy atom. The summed E-state index contributed by atoms with van der Waals surface area (Å²) in [6.07, 6.45) is 4.18. The Hall–Kier alpha value is -2.84. The van der Waals surface area contributed by atoms with Crippen molar-refractivity contribution < 1.29 is 19.2 Å². The highest BCUT2D eigenvalue weighted by atomic mass is 16.5. The SMILES string of the molecule is CC[C@H](C)CN(C(=O)O)[C@@H]1CC[C@H](c2cc(NC(=O)Cc3ccno3)n[nH]2)C1. The highest BCUT2D eigenvalue weighted by Crippen LogP contribution is 2.37. The zero-order chi connectivity index (χ0) is 20.1. The van der Waals surface area contributed by atoms with Crippen molar-refractivity contribution in [3.63, 3.8) is 0 Å². The molecule has 1 aliphatic rings. The van der Waals surface area contributed by atoms with Crippen LogP contribution in [-0.4, -0.2) is 49.9 Å². The van der Waals surface area contributed by atoms with E-state index in [-0.39, 0.29) is 24.3 Å². The van der Waals surface area contributed by atoms with Crippen LogP contribution in [0, 0.1) is 5.92 Å². The van der Waals surface area contributed by atoms with Crippen LogP contribution in [0.5, 0.6) is 0 Å². The third-order valence-corrected chi connectivity index (χ3v) is 5.43. The van der Waals surface area contributed by atoms with E-state index in [1.54, 1.807) is 11.0 Å². The molecule has 2 heterocycles. The van der Waals surface area contributed by atoms with Gasteiger partial charge in [0.05, 0.1) is 12.6 Å². The molecule has 152 valence electrons. The number of rotatable bonds is 8. The van der Waals surface area contributed by atoms with Crippen LogP contribution in [0.1, 0.15) is 56.9 Å². The minimum Gasteiger partial charge on any atom is -0.465 e. The van der Waals surface area contributed by atoms with E-state index in [1.807, 2.05) is 6.07 Å². The van der Waals surface area contributed by atoms with Crippen molar-refractivity contribution in [3.8, 4) is 0 Å². The number of carbonyl (C=O) groups excluding carboxylic acids is 1. The number of anilines is 1. The van der Waals surface area contributed by atoms with Gasteiger partial charge in [-0.25, -0.2) is 4.79 Å². The summed E-state index contributed by atoms with van der Waals surface area (Å²) in [4.78, 5) is 25.3. The lowest BCUT2D eigenvalue weighted by Gasteiger charge is -2.28. The molecule has 0 spiro atoms. The van der Waals surface area contributed by atoms with Crippen molar-refractivity contribution in [1.82, 2.24) is 20.3 Å². The Morgan fingerprint density at radius 2 is 2.29 bits per heavy atom. The van der Waals surface area contributed by atoms with Gasteiger partial charge in [0.25, 0.3) is 0 Å². The number of nitrogens with one attached hydrogen (secondary N) is 2. The van der Waals surface area contributed by atoms with Crippen LogP contribution in [0.2, 0.25) is 0 Å². The molecule has 28 heavy (non-hydrogen) atoms. The Morgan fingerprint density at radius 1 is 1.46 bits per heavy atom. The lowest BCUT2D eigenvalue weighted by Crippen LogP contribution is -2.40. The van der Waals surface area contributed by atoms with Crippen molar-refractivity contribution in [1.29, 1.82) is 0 Å². The van der Waals surface area contributed by atoms with Crippen LogP contribution in [0.15, 0.2) is 22.9 Å². The average Bonchev–Trinajstić information content (AvgIpc) is 3.40. The van der Waals surface area contributed by atoms with E-state index in [9.17, 15) is 14.7 Å². The van der Waals surface area contributed by atoms with E-state index < -0.39 is 6.09 Å². The minimum absolute atomic E-state index is 0.0179. The zero-order valence-electron chi connectivity index (χ0n) is 16.2. The Labute approximate surface area is 163 Å². The normalized spacial score (nSPS) is 20.1. The molecule has 0 aliphatic heterocycles. The summed E-state index contributed by atoms with van der Waals surface area (Å²) in [6, 6.07) is 3.48. The second-order valence-electron chi connectivity index (χ2n) is 7.52. The van der Waals surface area contributed by atoms with Gasteiger partial charge in [-0.05, 0) is 25.2 Å². The summed E-state index contributed by atoms with van der Waals surface area (Å²) < 4.78 is 4.93. The van der Waals surface area contributed by atoms with Crippen molar-refractivity contribution in [3.05, 3.63) is 29.8 Å². The minimum atomic E-state index is -0.851. The van der Waals surface area contributed by atoms with Gasteiger partial charge in [0.1, 0.15) is 5.76 Å². The molecule has 9 heteroatoms. The first kappa shape index (κ1) is 19.9. The third-order valence-electron chi connectivity index (χ3n) is 5.43. The van der Waals surface area contributed by atoms with Gasteiger partial charge in [0.15, 0.2) is 5.82 Å². The number of carbonyl (C=O) groups is 2. The van der Waals surface area contributed by atoms with Gasteiger partial charge in [0, 0.05) is 36.3 Å². The first-order chi connectivity index (χ1) is 13.5. The standard InChI is InChI=1S/C19H27N5O4/c1-3-12(2)11-24(19(26)27)14-5-4-13(8-14)16-10-17(23-22-16)21-18(25)9-15-6-7-20-28-15/h6-7,10,12-14H,3-5,8-9,11H2,1-2H3,(H,26,27)(H2,21,22,23,25)/t12-,13-,14+/m0/s1. The second kappa shape index (κ2) is 8.90. The predicted molar refractivity (Wildman–Crippen MR) is 102 cm³/mol. The number of nitrogens with zero attached hydrogens (tertiary/aromatic N) is 3. The maximum Gasteiger partial charge on any atom is 0.407 e. The quantitative estimate of drug-likeness (QED) is 0.636. The largest absolute Gasteiger partial charge is 0.465 e.